The maximum atomic E-state index is 13.1. The number of fused-ring (bicyclic) bond motifs is 2. The van der Waals surface area contributed by atoms with Gasteiger partial charge in [-0.1, -0.05) is 12.2 Å². The van der Waals surface area contributed by atoms with Gasteiger partial charge in [-0.15, -0.1) is 0 Å². The molecule has 0 saturated carbocycles. The molecule has 2 atom stereocenters. The molecule has 0 spiro atoms. The average Bonchev–Trinajstić information content (AvgIpc) is 2.66. The summed E-state index contributed by atoms with van der Waals surface area (Å²) in [5.74, 6) is 1.07. The molecule has 4 rings (SSSR count). The lowest BCUT2D eigenvalue weighted by Crippen LogP contribution is -3.08. The van der Waals surface area contributed by atoms with E-state index in [0.717, 1.165) is 22.9 Å². The summed E-state index contributed by atoms with van der Waals surface area (Å²) in [4.78, 5) is 17.5. The highest BCUT2D eigenvalue weighted by Gasteiger charge is 2.29. The molecule has 1 aromatic carbocycles. The second-order valence-electron chi connectivity index (χ2n) is 6.66. The number of piperidine rings is 1. The van der Waals surface area contributed by atoms with Crippen LogP contribution in [0.4, 0.5) is 0 Å². The van der Waals surface area contributed by atoms with Gasteiger partial charge in [0, 0.05) is 29.1 Å². The van der Waals surface area contributed by atoms with E-state index in [1.54, 1.807) is 19.4 Å². The van der Waals surface area contributed by atoms with Crippen LogP contribution < -0.4 is 9.80 Å². The zero-order chi connectivity index (χ0) is 17.4. The summed E-state index contributed by atoms with van der Waals surface area (Å²) in [6, 6.07) is 7.34. The van der Waals surface area contributed by atoms with Crippen molar-refractivity contribution < 1.29 is 14.6 Å². The number of aromatic nitrogens is 1. The van der Waals surface area contributed by atoms with E-state index in [1.807, 2.05) is 30.4 Å². The zero-order valence-corrected chi connectivity index (χ0v) is 14.1. The highest BCUT2D eigenvalue weighted by molar-refractivity contribution is 6.16. The summed E-state index contributed by atoms with van der Waals surface area (Å²) in [5, 5.41) is 12.7. The van der Waals surface area contributed by atoms with Gasteiger partial charge in [-0.2, -0.15) is 0 Å². The van der Waals surface area contributed by atoms with Crippen molar-refractivity contribution in [2.24, 2.45) is 5.92 Å². The lowest BCUT2D eigenvalue weighted by Gasteiger charge is -2.35. The number of ketones is 1. The Balaban J connectivity index is 1.71. The summed E-state index contributed by atoms with van der Waals surface area (Å²) in [6.45, 7) is 1.16. The summed E-state index contributed by atoms with van der Waals surface area (Å²) in [7, 11) is 1.61. The smallest absolute Gasteiger partial charge is 0.189 e. The number of quaternary nitrogens is 1. The van der Waals surface area contributed by atoms with Gasteiger partial charge in [-0.05, 0) is 42.2 Å². The number of Topliss-reactive ketones (excluding diaryl/α,β-unsaturated/α-hetero) is 1. The number of ether oxygens (including phenoxy) is 1. The van der Waals surface area contributed by atoms with E-state index in [-0.39, 0.29) is 5.78 Å². The van der Waals surface area contributed by atoms with E-state index in [1.165, 1.54) is 5.57 Å². The number of methoxy groups -OCH3 is 1. The Morgan fingerprint density at radius 2 is 2.20 bits per heavy atom. The standard InChI is InChI=1S/C20H20N2O3/c1-25-16-4-5-19-18(11-16)17(6-8-21-19)20(23)14-2-3-15-12-22(24)9-7-13(15)10-14/h2-6,8,11,13,22H,7,9-10,12H2,1H3. The molecule has 2 aliphatic rings. The third-order valence-corrected chi connectivity index (χ3v) is 5.15. The number of carbonyl (C=O) groups excluding carboxylic acids is 1. The van der Waals surface area contributed by atoms with Crippen molar-refractivity contribution in [3.05, 3.63) is 64.5 Å². The summed E-state index contributed by atoms with van der Waals surface area (Å²) in [5.41, 5.74) is 3.41. The molecule has 0 bridgehead atoms. The lowest BCUT2D eigenvalue weighted by molar-refractivity contribution is -0.848. The Morgan fingerprint density at radius 1 is 1.32 bits per heavy atom. The van der Waals surface area contributed by atoms with E-state index in [0.29, 0.717) is 41.8 Å². The number of nitrogens with zero attached hydrogens (tertiary/aromatic N) is 1. The second-order valence-corrected chi connectivity index (χ2v) is 6.66. The number of hydrogen-bond donors (Lipinski definition) is 1. The molecule has 1 fully saturated rings. The largest absolute Gasteiger partial charge is 0.634 e. The molecule has 128 valence electrons. The number of benzene rings is 1. The fraction of sp³-hybridized carbons (Fsp3) is 0.300. The number of nitrogens with one attached hydrogen (secondary N) is 1. The molecule has 1 N–H and O–H groups in total. The molecule has 0 amide bonds. The van der Waals surface area contributed by atoms with Crippen molar-refractivity contribution in [2.75, 3.05) is 20.2 Å². The Morgan fingerprint density at radius 3 is 3.04 bits per heavy atom. The van der Waals surface area contributed by atoms with Crippen LogP contribution in [0.15, 0.2) is 53.8 Å². The van der Waals surface area contributed by atoms with Crippen LogP contribution in [-0.2, 0) is 0 Å². The van der Waals surface area contributed by atoms with Crippen LogP contribution in [0.5, 0.6) is 5.75 Å². The molecule has 5 nitrogen and oxygen atoms in total. The van der Waals surface area contributed by atoms with E-state index in [4.69, 9.17) is 4.74 Å². The van der Waals surface area contributed by atoms with Gasteiger partial charge in [-0.25, -0.2) is 0 Å². The summed E-state index contributed by atoms with van der Waals surface area (Å²) >= 11 is 0. The number of pyridine rings is 1. The van der Waals surface area contributed by atoms with Gasteiger partial charge in [-0.3, -0.25) is 9.78 Å². The fourth-order valence-electron chi connectivity index (χ4n) is 3.74. The quantitative estimate of drug-likeness (QED) is 0.688. The van der Waals surface area contributed by atoms with Crippen LogP contribution in [-0.4, -0.2) is 31.0 Å². The van der Waals surface area contributed by atoms with E-state index in [9.17, 15) is 10.0 Å². The molecule has 1 aromatic heterocycles. The van der Waals surface area contributed by atoms with Crippen molar-refractivity contribution in [1.82, 2.24) is 4.98 Å². The Labute approximate surface area is 146 Å². The first-order valence-electron chi connectivity index (χ1n) is 8.54. The van der Waals surface area contributed by atoms with Crippen LogP contribution in [0.3, 0.4) is 0 Å². The molecule has 25 heavy (non-hydrogen) atoms. The number of carbonyl (C=O) groups is 1. The van der Waals surface area contributed by atoms with E-state index in [2.05, 4.69) is 4.98 Å². The highest BCUT2D eigenvalue weighted by atomic mass is 16.5. The first-order valence-corrected chi connectivity index (χ1v) is 8.54. The van der Waals surface area contributed by atoms with Crippen LogP contribution in [0.25, 0.3) is 10.9 Å². The Hall–Kier alpha value is -2.50. The predicted octanol–water partition coefficient (Wildman–Crippen LogP) is 2.09. The second kappa shape index (κ2) is 6.43. The minimum atomic E-state index is 0.0350. The topological polar surface area (TPSA) is 66.7 Å². The maximum Gasteiger partial charge on any atom is 0.189 e. The number of rotatable bonds is 3. The molecule has 2 unspecified atom stereocenters. The monoisotopic (exact) mass is 336 g/mol. The van der Waals surface area contributed by atoms with Crippen LogP contribution in [0, 0.1) is 11.1 Å². The van der Waals surface area contributed by atoms with Gasteiger partial charge < -0.3 is 15.0 Å². The van der Waals surface area contributed by atoms with Crippen LogP contribution in [0.1, 0.15) is 23.2 Å². The number of allylic oxidation sites excluding steroid dienone is 3. The van der Waals surface area contributed by atoms with Gasteiger partial charge >= 0.3 is 0 Å². The van der Waals surface area contributed by atoms with Crippen LogP contribution in [0.2, 0.25) is 0 Å². The van der Waals surface area contributed by atoms with E-state index >= 15 is 0 Å². The van der Waals surface area contributed by atoms with Crippen LogP contribution >= 0.6 is 0 Å². The third kappa shape index (κ3) is 2.97. The number of hydroxylamine groups is 2. The summed E-state index contributed by atoms with van der Waals surface area (Å²) < 4.78 is 5.29. The summed E-state index contributed by atoms with van der Waals surface area (Å²) in [6.07, 6.45) is 7.10. The SMILES string of the molecule is COc1ccc2nccc(C(=O)C3=CC=C4C[NH+]([O-])CCC4C3)c2c1. The van der Waals surface area contributed by atoms with Gasteiger partial charge in [0.05, 0.1) is 25.7 Å². The third-order valence-electron chi connectivity index (χ3n) is 5.15. The molecular weight excluding hydrogens is 316 g/mol. The predicted molar refractivity (Wildman–Crippen MR) is 95.6 cm³/mol. The average molecular weight is 336 g/mol. The molecule has 5 heteroatoms. The minimum Gasteiger partial charge on any atom is -0.634 e. The first kappa shape index (κ1) is 16.0. The molecular formula is C20H20N2O3. The fourth-order valence-corrected chi connectivity index (χ4v) is 3.74. The van der Waals surface area contributed by atoms with Crippen molar-refractivity contribution in [2.45, 2.75) is 12.8 Å². The minimum absolute atomic E-state index is 0.0350. The molecule has 2 aromatic rings. The molecule has 1 aliphatic heterocycles. The normalized spacial score (nSPS) is 22.8. The zero-order valence-electron chi connectivity index (χ0n) is 14.1. The maximum absolute atomic E-state index is 13.1. The Kier molecular flexibility index (Phi) is 4.11. The van der Waals surface area contributed by atoms with Crippen molar-refractivity contribution in [3.8, 4) is 5.75 Å². The molecule has 1 aliphatic carbocycles. The van der Waals surface area contributed by atoms with Gasteiger partial charge in [0.25, 0.3) is 0 Å². The van der Waals surface area contributed by atoms with Crippen molar-refractivity contribution >= 4 is 16.7 Å². The van der Waals surface area contributed by atoms with Gasteiger partial charge in [0.1, 0.15) is 5.75 Å². The highest BCUT2D eigenvalue weighted by Crippen LogP contribution is 2.32. The van der Waals surface area contributed by atoms with Gasteiger partial charge in [0.15, 0.2) is 5.78 Å². The lowest BCUT2D eigenvalue weighted by atomic mass is 9.80. The molecule has 2 heterocycles. The Bertz CT molecular complexity index is 901. The number of hydrogen-bond acceptors (Lipinski definition) is 4. The molecule has 0 radical (unpaired) electrons. The van der Waals surface area contributed by atoms with Gasteiger partial charge in [0.2, 0.25) is 0 Å². The van der Waals surface area contributed by atoms with Crippen molar-refractivity contribution in [3.63, 3.8) is 0 Å². The van der Waals surface area contributed by atoms with Crippen molar-refractivity contribution in [1.29, 1.82) is 0 Å². The van der Waals surface area contributed by atoms with E-state index < -0.39 is 0 Å². The molecule has 1 saturated heterocycles. The first-order chi connectivity index (χ1) is 12.2.